The summed E-state index contributed by atoms with van der Waals surface area (Å²) in [6.07, 6.45) is 5.48. The van der Waals surface area contributed by atoms with Crippen molar-refractivity contribution in [2.75, 3.05) is 12.4 Å². The monoisotopic (exact) mass is 173 g/mol. The standard InChI is InChI=1S/C10H11N3/c1-11-9-3-2-4-10(7-9)13-6-5-12-8-13/h2-8,11H,1H3. The molecule has 0 unspecified atom stereocenters. The molecule has 1 aromatic carbocycles. The van der Waals surface area contributed by atoms with E-state index in [1.54, 1.807) is 12.5 Å². The summed E-state index contributed by atoms with van der Waals surface area (Å²) in [4.78, 5) is 4.00. The van der Waals surface area contributed by atoms with Crippen LogP contribution < -0.4 is 5.32 Å². The topological polar surface area (TPSA) is 29.9 Å². The number of hydrogen-bond donors (Lipinski definition) is 1. The fraction of sp³-hybridized carbons (Fsp3) is 0.100. The zero-order valence-electron chi connectivity index (χ0n) is 7.44. The quantitative estimate of drug-likeness (QED) is 0.751. The second-order valence-electron chi connectivity index (χ2n) is 2.77. The van der Waals surface area contributed by atoms with Crippen LogP contribution in [-0.2, 0) is 0 Å². The van der Waals surface area contributed by atoms with E-state index in [1.165, 1.54) is 0 Å². The fourth-order valence-electron chi connectivity index (χ4n) is 1.23. The summed E-state index contributed by atoms with van der Waals surface area (Å²) in [7, 11) is 1.91. The Morgan fingerprint density at radius 3 is 3.00 bits per heavy atom. The Morgan fingerprint density at radius 1 is 1.38 bits per heavy atom. The van der Waals surface area contributed by atoms with Crippen molar-refractivity contribution in [2.45, 2.75) is 0 Å². The number of rotatable bonds is 2. The highest BCUT2D eigenvalue weighted by molar-refractivity contribution is 5.50. The molecule has 13 heavy (non-hydrogen) atoms. The number of nitrogens with one attached hydrogen (secondary N) is 1. The molecule has 0 spiro atoms. The maximum absolute atomic E-state index is 4.00. The lowest BCUT2D eigenvalue weighted by Crippen LogP contribution is -1.92. The SMILES string of the molecule is CNc1cccc(-n2ccnc2)c1. The number of anilines is 1. The van der Waals surface area contributed by atoms with Gasteiger partial charge < -0.3 is 9.88 Å². The van der Waals surface area contributed by atoms with Crippen molar-refractivity contribution >= 4 is 5.69 Å². The third kappa shape index (κ3) is 1.54. The first kappa shape index (κ1) is 7.86. The van der Waals surface area contributed by atoms with Crippen LogP contribution >= 0.6 is 0 Å². The summed E-state index contributed by atoms with van der Waals surface area (Å²) in [5.41, 5.74) is 2.22. The Hall–Kier alpha value is -1.77. The summed E-state index contributed by atoms with van der Waals surface area (Å²) in [5, 5.41) is 3.10. The molecule has 0 saturated heterocycles. The third-order valence-electron chi connectivity index (χ3n) is 1.94. The van der Waals surface area contributed by atoms with Gasteiger partial charge in [0.05, 0.1) is 6.33 Å². The van der Waals surface area contributed by atoms with E-state index in [9.17, 15) is 0 Å². The number of benzene rings is 1. The molecule has 1 heterocycles. The van der Waals surface area contributed by atoms with Crippen molar-refractivity contribution in [1.82, 2.24) is 9.55 Å². The second-order valence-corrected chi connectivity index (χ2v) is 2.77. The second kappa shape index (κ2) is 3.31. The highest BCUT2D eigenvalue weighted by atomic mass is 15.0. The molecule has 0 bridgehead atoms. The number of imidazole rings is 1. The minimum atomic E-state index is 1.10. The molecule has 1 aromatic heterocycles. The molecule has 0 aliphatic carbocycles. The third-order valence-corrected chi connectivity index (χ3v) is 1.94. The molecule has 0 amide bonds. The minimum Gasteiger partial charge on any atom is -0.388 e. The highest BCUT2D eigenvalue weighted by Gasteiger charge is 1.95. The van der Waals surface area contributed by atoms with E-state index in [-0.39, 0.29) is 0 Å². The number of nitrogens with zero attached hydrogens (tertiary/aromatic N) is 2. The predicted octanol–water partition coefficient (Wildman–Crippen LogP) is 1.91. The van der Waals surface area contributed by atoms with Crippen molar-refractivity contribution in [3.8, 4) is 5.69 Å². The number of aromatic nitrogens is 2. The van der Waals surface area contributed by atoms with Gasteiger partial charge in [0.15, 0.2) is 0 Å². The summed E-state index contributed by atoms with van der Waals surface area (Å²) < 4.78 is 1.97. The fourth-order valence-corrected chi connectivity index (χ4v) is 1.23. The zero-order valence-corrected chi connectivity index (χ0v) is 7.44. The molecule has 0 aliphatic heterocycles. The van der Waals surface area contributed by atoms with Gasteiger partial charge in [-0.2, -0.15) is 0 Å². The van der Waals surface area contributed by atoms with Crippen LogP contribution in [0, 0.1) is 0 Å². The Balaban J connectivity index is 2.41. The van der Waals surface area contributed by atoms with Crippen molar-refractivity contribution in [1.29, 1.82) is 0 Å². The summed E-state index contributed by atoms with van der Waals surface area (Å²) in [5.74, 6) is 0. The molecule has 1 N–H and O–H groups in total. The van der Waals surface area contributed by atoms with Gasteiger partial charge in [-0.15, -0.1) is 0 Å². The molecular formula is C10H11N3. The first-order valence-electron chi connectivity index (χ1n) is 4.16. The molecule has 0 fully saturated rings. The largest absolute Gasteiger partial charge is 0.388 e. The van der Waals surface area contributed by atoms with Crippen molar-refractivity contribution in [2.24, 2.45) is 0 Å². The Kier molecular flexibility index (Phi) is 2.00. The Labute approximate surface area is 77.0 Å². The predicted molar refractivity (Wildman–Crippen MR) is 53.1 cm³/mol. The van der Waals surface area contributed by atoms with Crippen LogP contribution in [0.4, 0.5) is 5.69 Å². The smallest absolute Gasteiger partial charge is 0.0991 e. The molecular weight excluding hydrogens is 162 g/mol. The number of hydrogen-bond acceptors (Lipinski definition) is 2. The average molecular weight is 173 g/mol. The molecule has 0 saturated carbocycles. The molecule has 2 rings (SSSR count). The van der Waals surface area contributed by atoms with Gasteiger partial charge in [-0.25, -0.2) is 4.98 Å². The molecule has 3 nitrogen and oxygen atoms in total. The Morgan fingerprint density at radius 2 is 2.31 bits per heavy atom. The molecule has 0 radical (unpaired) electrons. The van der Waals surface area contributed by atoms with Crippen LogP contribution in [0.25, 0.3) is 5.69 Å². The van der Waals surface area contributed by atoms with Gasteiger partial charge >= 0.3 is 0 Å². The van der Waals surface area contributed by atoms with E-state index in [1.807, 2.05) is 36.0 Å². The van der Waals surface area contributed by atoms with Crippen LogP contribution in [0.2, 0.25) is 0 Å². The van der Waals surface area contributed by atoms with Gasteiger partial charge in [0.1, 0.15) is 0 Å². The lowest BCUT2D eigenvalue weighted by molar-refractivity contribution is 1.06. The zero-order chi connectivity index (χ0) is 9.10. The van der Waals surface area contributed by atoms with Gasteiger partial charge in [-0.05, 0) is 18.2 Å². The molecule has 0 atom stereocenters. The van der Waals surface area contributed by atoms with E-state index < -0.39 is 0 Å². The van der Waals surface area contributed by atoms with E-state index in [4.69, 9.17) is 0 Å². The van der Waals surface area contributed by atoms with Crippen LogP contribution in [0.5, 0.6) is 0 Å². The normalized spacial score (nSPS) is 9.92. The lowest BCUT2D eigenvalue weighted by atomic mass is 10.3. The van der Waals surface area contributed by atoms with Crippen molar-refractivity contribution < 1.29 is 0 Å². The maximum Gasteiger partial charge on any atom is 0.0991 e. The molecule has 2 aromatic rings. The summed E-state index contributed by atoms with van der Waals surface area (Å²) >= 11 is 0. The van der Waals surface area contributed by atoms with Crippen LogP contribution in [0.3, 0.4) is 0 Å². The molecule has 0 aliphatic rings. The highest BCUT2D eigenvalue weighted by Crippen LogP contribution is 2.13. The molecule has 66 valence electrons. The van der Waals surface area contributed by atoms with E-state index in [2.05, 4.69) is 16.4 Å². The van der Waals surface area contributed by atoms with Gasteiger partial charge in [-0.3, -0.25) is 0 Å². The van der Waals surface area contributed by atoms with E-state index >= 15 is 0 Å². The Bertz CT molecular complexity index is 379. The van der Waals surface area contributed by atoms with E-state index in [0.717, 1.165) is 11.4 Å². The maximum atomic E-state index is 4.00. The van der Waals surface area contributed by atoms with Crippen molar-refractivity contribution in [3.63, 3.8) is 0 Å². The van der Waals surface area contributed by atoms with Gasteiger partial charge in [0, 0.05) is 30.8 Å². The first-order chi connectivity index (χ1) is 6.40. The van der Waals surface area contributed by atoms with Gasteiger partial charge in [-0.1, -0.05) is 6.07 Å². The van der Waals surface area contributed by atoms with Crippen LogP contribution in [-0.4, -0.2) is 16.6 Å². The average Bonchev–Trinajstić information content (AvgIpc) is 2.71. The van der Waals surface area contributed by atoms with Crippen LogP contribution in [0.1, 0.15) is 0 Å². The minimum absolute atomic E-state index is 1.10. The first-order valence-corrected chi connectivity index (χ1v) is 4.16. The van der Waals surface area contributed by atoms with Gasteiger partial charge in [0.25, 0.3) is 0 Å². The lowest BCUT2D eigenvalue weighted by Gasteiger charge is -2.04. The summed E-state index contributed by atoms with van der Waals surface area (Å²) in [6, 6.07) is 8.16. The summed E-state index contributed by atoms with van der Waals surface area (Å²) in [6.45, 7) is 0. The van der Waals surface area contributed by atoms with Crippen molar-refractivity contribution in [3.05, 3.63) is 43.0 Å². The van der Waals surface area contributed by atoms with Crippen LogP contribution in [0.15, 0.2) is 43.0 Å². The van der Waals surface area contributed by atoms with E-state index in [0.29, 0.717) is 0 Å². The van der Waals surface area contributed by atoms with Gasteiger partial charge in [0.2, 0.25) is 0 Å². The molecule has 3 heteroatoms.